The Morgan fingerprint density at radius 2 is 2.16 bits per heavy atom. The second-order valence-electron chi connectivity index (χ2n) is 4.88. The first-order valence-corrected chi connectivity index (χ1v) is 7.77. The van der Waals surface area contributed by atoms with Crippen molar-refractivity contribution in [2.24, 2.45) is 5.92 Å². The van der Waals surface area contributed by atoms with Crippen molar-refractivity contribution in [2.75, 3.05) is 5.88 Å². The smallest absolute Gasteiger partial charge is 0.255 e. The minimum Gasteiger partial charge on any atom is -0.349 e. The monoisotopic (exact) mass is 347 g/mol. The zero-order chi connectivity index (χ0) is 13.8. The Kier molecular flexibility index (Phi) is 5.22. The lowest BCUT2D eigenvalue weighted by Gasteiger charge is -2.31. The molecule has 1 amide bonds. The third-order valence-corrected chi connectivity index (χ3v) is 4.67. The summed E-state index contributed by atoms with van der Waals surface area (Å²) in [6.45, 7) is 0. The molecule has 2 rings (SSSR count). The average Bonchev–Trinajstić information content (AvgIpc) is 2.39. The van der Waals surface area contributed by atoms with E-state index in [9.17, 15) is 9.18 Å². The van der Waals surface area contributed by atoms with Gasteiger partial charge in [0.1, 0.15) is 5.82 Å². The molecule has 0 aromatic heterocycles. The SMILES string of the molecule is O=C(NC1CCCCC1CCl)c1c(F)cccc1Br. The molecule has 0 bridgehead atoms. The fourth-order valence-corrected chi connectivity index (χ4v) is 3.43. The summed E-state index contributed by atoms with van der Waals surface area (Å²) in [5, 5.41) is 2.92. The Balaban J connectivity index is 2.12. The number of nitrogens with one attached hydrogen (secondary N) is 1. The summed E-state index contributed by atoms with van der Waals surface area (Å²) in [7, 11) is 0. The predicted molar refractivity (Wildman–Crippen MR) is 78.0 cm³/mol. The highest BCUT2D eigenvalue weighted by atomic mass is 79.9. The van der Waals surface area contributed by atoms with Gasteiger partial charge in [0, 0.05) is 16.4 Å². The number of amides is 1. The Labute approximate surface area is 125 Å². The van der Waals surface area contributed by atoms with E-state index in [2.05, 4.69) is 21.2 Å². The summed E-state index contributed by atoms with van der Waals surface area (Å²) in [6, 6.07) is 4.57. The highest BCUT2D eigenvalue weighted by Crippen LogP contribution is 2.26. The van der Waals surface area contributed by atoms with Crippen molar-refractivity contribution in [1.29, 1.82) is 0 Å². The number of rotatable bonds is 3. The van der Waals surface area contributed by atoms with Crippen LogP contribution in [0.25, 0.3) is 0 Å². The molecule has 1 N–H and O–H groups in total. The molecule has 2 unspecified atom stereocenters. The molecule has 1 aromatic rings. The zero-order valence-corrected chi connectivity index (χ0v) is 12.8. The lowest BCUT2D eigenvalue weighted by Crippen LogP contribution is -2.43. The van der Waals surface area contributed by atoms with Crippen LogP contribution in [-0.4, -0.2) is 17.8 Å². The Morgan fingerprint density at radius 3 is 2.84 bits per heavy atom. The van der Waals surface area contributed by atoms with Crippen molar-refractivity contribution in [1.82, 2.24) is 5.32 Å². The van der Waals surface area contributed by atoms with Gasteiger partial charge >= 0.3 is 0 Å². The van der Waals surface area contributed by atoms with Crippen LogP contribution in [0.15, 0.2) is 22.7 Å². The van der Waals surface area contributed by atoms with E-state index in [4.69, 9.17) is 11.6 Å². The number of hydrogen-bond acceptors (Lipinski definition) is 1. The van der Waals surface area contributed by atoms with Gasteiger partial charge in [-0.05, 0) is 46.8 Å². The number of halogens is 3. The maximum atomic E-state index is 13.7. The van der Waals surface area contributed by atoms with Crippen molar-refractivity contribution in [2.45, 2.75) is 31.7 Å². The van der Waals surface area contributed by atoms with Crippen LogP contribution < -0.4 is 5.32 Å². The molecule has 1 fully saturated rings. The molecule has 5 heteroatoms. The van der Waals surface area contributed by atoms with Gasteiger partial charge in [-0.15, -0.1) is 11.6 Å². The zero-order valence-electron chi connectivity index (χ0n) is 10.5. The number of benzene rings is 1. The quantitative estimate of drug-likeness (QED) is 0.818. The number of hydrogen-bond donors (Lipinski definition) is 1. The van der Waals surface area contributed by atoms with Gasteiger partial charge in [0.2, 0.25) is 0 Å². The number of carbonyl (C=O) groups excluding carboxylic acids is 1. The van der Waals surface area contributed by atoms with Crippen LogP contribution in [0.5, 0.6) is 0 Å². The first kappa shape index (κ1) is 14.8. The molecule has 0 aliphatic heterocycles. The van der Waals surface area contributed by atoms with Crippen LogP contribution in [0.3, 0.4) is 0 Å². The fraction of sp³-hybridized carbons (Fsp3) is 0.500. The predicted octanol–water partition coefficient (Wildman–Crippen LogP) is 4.12. The second-order valence-corrected chi connectivity index (χ2v) is 6.04. The largest absolute Gasteiger partial charge is 0.349 e. The fourth-order valence-electron chi connectivity index (χ4n) is 2.54. The molecule has 1 aliphatic rings. The van der Waals surface area contributed by atoms with Gasteiger partial charge in [0.05, 0.1) is 5.56 Å². The maximum absolute atomic E-state index is 13.7. The van der Waals surface area contributed by atoms with Gasteiger partial charge in [-0.1, -0.05) is 18.9 Å². The van der Waals surface area contributed by atoms with Crippen molar-refractivity contribution < 1.29 is 9.18 Å². The van der Waals surface area contributed by atoms with Crippen LogP contribution in [0.2, 0.25) is 0 Å². The van der Waals surface area contributed by atoms with E-state index < -0.39 is 5.82 Å². The Hall–Kier alpha value is -0.610. The minimum absolute atomic E-state index is 0.0465. The molecule has 19 heavy (non-hydrogen) atoms. The first-order valence-electron chi connectivity index (χ1n) is 6.44. The van der Waals surface area contributed by atoms with E-state index in [1.54, 1.807) is 12.1 Å². The third kappa shape index (κ3) is 3.48. The number of alkyl halides is 1. The maximum Gasteiger partial charge on any atom is 0.255 e. The van der Waals surface area contributed by atoms with E-state index in [0.29, 0.717) is 10.4 Å². The highest BCUT2D eigenvalue weighted by molar-refractivity contribution is 9.10. The number of carbonyl (C=O) groups is 1. The van der Waals surface area contributed by atoms with E-state index >= 15 is 0 Å². The third-order valence-electron chi connectivity index (χ3n) is 3.61. The van der Waals surface area contributed by atoms with Crippen LogP contribution in [0, 0.1) is 11.7 Å². The van der Waals surface area contributed by atoms with Gasteiger partial charge in [0.15, 0.2) is 0 Å². The van der Waals surface area contributed by atoms with E-state index in [0.717, 1.165) is 25.7 Å². The van der Waals surface area contributed by atoms with Gasteiger partial charge in [-0.3, -0.25) is 4.79 Å². The first-order chi connectivity index (χ1) is 9.13. The van der Waals surface area contributed by atoms with E-state index in [1.165, 1.54) is 6.07 Å². The topological polar surface area (TPSA) is 29.1 Å². The molecule has 0 heterocycles. The van der Waals surface area contributed by atoms with Crippen molar-refractivity contribution in [3.63, 3.8) is 0 Å². The van der Waals surface area contributed by atoms with Gasteiger partial charge in [-0.25, -0.2) is 4.39 Å². The molecule has 104 valence electrons. The van der Waals surface area contributed by atoms with Crippen molar-refractivity contribution >= 4 is 33.4 Å². The minimum atomic E-state index is -0.509. The molecule has 2 atom stereocenters. The molecule has 1 aliphatic carbocycles. The second kappa shape index (κ2) is 6.71. The summed E-state index contributed by atoms with van der Waals surface area (Å²) in [4.78, 5) is 12.2. The normalized spacial score (nSPS) is 23.1. The molecule has 0 radical (unpaired) electrons. The molecule has 2 nitrogen and oxygen atoms in total. The molecular weight excluding hydrogens is 333 g/mol. The summed E-state index contributed by atoms with van der Waals surface area (Å²) in [6.07, 6.45) is 4.16. The Bertz CT molecular complexity index is 449. The average molecular weight is 349 g/mol. The summed E-state index contributed by atoms with van der Waals surface area (Å²) >= 11 is 9.15. The van der Waals surface area contributed by atoms with Crippen molar-refractivity contribution in [3.05, 3.63) is 34.1 Å². The van der Waals surface area contributed by atoms with Gasteiger partial charge in [-0.2, -0.15) is 0 Å². The van der Waals surface area contributed by atoms with Crippen LogP contribution >= 0.6 is 27.5 Å². The lowest BCUT2D eigenvalue weighted by molar-refractivity contribution is 0.0906. The van der Waals surface area contributed by atoms with Gasteiger partial charge < -0.3 is 5.32 Å². The molecule has 0 saturated heterocycles. The molecule has 0 spiro atoms. The van der Waals surface area contributed by atoms with Gasteiger partial charge in [0.25, 0.3) is 5.91 Å². The van der Waals surface area contributed by atoms with E-state index in [1.807, 2.05) is 0 Å². The molecule has 1 saturated carbocycles. The molecule has 1 aromatic carbocycles. The Morgan fingerprint density at radius 1 is 1.42 bits per heavy atom. The van der Waals surface area contributed by atoms with Crippen LogP contribution in [0.1, 0.15) is 36.0 Å². The van der Waals surface area contributed by atoms with Crippen molar-refractivity contribution in [3.8, 4) is 0 Å². The van der Waals surface area contributed by atoms with Crippen LogP contribution in [0.4, 0.5) is 4.39 Å². The van der Waals surface area contributed by atoms with E-state index in [-0.39, 0.29) is 23.4 Å². The van der Waals surface area contributed by atoms with Crippen LogP contribution in [-0.2, 0) is 0 Å². The standard InChI is InChI=1S/C14H16BrClFNO/c15-10-5-3-6-11(17)13(10)14(19)18-12-7-2-1-4-9(12)8-16/h3,5-6,9,12H,1-2,4,7-8H2,(H,18,19). The summed E-state index contributed by atoms with van der Waals surface area (Å²) < 4.78 is 14.2. The highest BCUT2D eigenvalue weighted by Gasteiger charge is 2.27. The molecular formula is C14H16BrClFNO. The summed E-state index contributed by atoms with van der Waals surface area (Å²) in [5.41, 5.74) is 0.0707. The summed E-state index contributed by atoms with van der Waals surface area (Å²) in [5.74, 6) is -0.0642. The lowest BCUT2D eigenvalue weighted by atomic mass is 9.85.